The van der Waals surface area contributed by atoms with Gasteiger partial charge in [-0.3, -0.25) is 0 Å². The normalized spacial score (nSPS) is 16.9. The molecule has 16 heavy (non-hydrogen) atoms. The number of hydrogen-bond donors (Lipinski definition) is 1. The predicted molar refractivity (Wildman–Crippen MR) is 63.7 cm³/mol. The van der Waals surface area contributed by atoms with Gasteiger partial charge in [0, 0.05) is 5.92 Å². The summed E-state index contributed by atoms with van der Waals surface area (Å²) in [6, 6.07) is 5.63. The first-order valence-electron chi connectivity index (χ1n) is 5.23. The van der Waals surface area contributed by atoms with E-state index in [2.05, 4.69) is 15.9 Å². The van der Waals surface area contributed by atoms with E-state index in [0.29, 0.717) is 5.75 Å². The summed E-state index contributed by atoms with van der Waals surface area (Å²) in [5.41, 5.74) is 1.11. The highest BCUT2D eigenvalue weighted by Gasteiger charge is 2.38. The lowest BCUT2D eigenvalue weighted by Crippen LogP contribution is -2.29. The van der Waals surface area contributed by atoms with Crippen molar-refractivity contribution in [3.05, 3.63) is 28.2 Å². The van der Waals surface area contributed by atoms with E-state index in [1.54, 1.807) is 6.07 Å². The maximum Gasteiger partial charge on any atom is 0.345 e. The highest BCUT2D eigenvalue weighted by Crippen LogP contribution is 2.36. The molecule has 1 aliphatic rings. The van der Waals surface area contributed by atoms with Crippen LogP contribution in [-0.2, 0) is 4.79 Å². The maximum absolute atomic E-state index is 11.0. The van der Waals surface area contributed by atoms with Crippen molar-refractivity contribution in [1.82, 2.24) is 0 Å². The standard InChI is InChI=1S/C12H13BrO3/c1-7-2-5-10(9(13)6-7)16-11(12(14)15)8-3-4-8/h2,5-6,8,11H,3-4H2,1H3,(H,14,15). The number of carbonyl (C=O) groups is 1. The first kappa shape index (κ1) is 11.5. The van der Waals surface area contributed by atoms with Crippen LogP contribution < -0.4 is 4.74 Å². The van der Waals surface area contributed by atoms with Gasteiger partial charge in [-0.2, -0.15) is 0 Å². The van der Waals surface area contributed by atoms with Crippen molar-refractivity contribution in [2.24, 2.45) is 5.92 Å². The van der Waals surface area contributed by atoms with E-state index in [9.17, 15) is 4.79 Å². The fourth-order valence-electron chi connectivity index (χ4n) is 1.59. The predicted octanol–water partition coefficient (Wildman–Crippen LogP) is 3.00. The lowest BCUT2D eigenvalue weighted by Gasteiger charge is -2.15. The molecule has 0 bridgehead atoms. The highest BCUT2D eigenvalue weighted by molar-refractivity contribution is 9.10. The molecule has 0 heterocycles. The van der Waals surface area contributed by atoms with Crippen LogP contribution in [0.2, 0.25) is 0 Å². The van der Waals surface area contributed by atoms with E-state index in [-0.39, 0.29) is 5.92 Å². The largest absolute Gasteiger partial charge is 0.478 e. The van der Waals surface area contributed by atoms with Crippen molar-refractivity contribution in [2.75, 3.05) is 0 Å². The van der Waals surface area contributed by atoms with Gasteiger partial charge in [0.25, 0.3) is 0 Å². The van der Waals surface area contributed by atoms with Gasteiger partial charge in [-0.15, -0.1) is 0 Å². The molecule has 1 fully saturated rings. The molecule has 1 atom stereocenters. The van der Waals surface area contributed by atoms with Gasteiger partial charge in [0.15, 0.2) is 6.10 Å². The molecule has 0 aromatic heterocycles. The minimum Gasteiger partial charge on any atom is -0.478 e. The third kappa shape index (κ3) is 2.55. The average Bonchev–Trinajstić information content (AvgIpc) is 2.99. The van der Waals surface area contributed by atoms with Gasteiger partial charge in [0.2, 0.25) is 0 Å². The van der Waals surface area contributed by atoms with Crippen molar-refractivity contribution in [2.45, 2.75) is 25.9 Å². The molecule has 0 aliphatic heterocycles. The number of aliphatic carboxylic acids is 1. The molecule has 1 aliphatic carbocycles. The Morgan fingerprint density at radius 2 is 2.25 bits per heavy atom. The van der Waals surface area contributed by atoms with E-state index in [1.807, 2.05) is 19.1 Å². The van der Waals surface area contributed by atoms with E-state index in [1.165, 1.54) is 0 Å². The molecule has 86 valence electrons. The molecule has 2 rings (SSSR count). The Morgan fingerprint density at radius 3 is 2.75 bits per heavy atom. The average molecular weight is 285 g/mol. The molecule has 3 nitrogen and oxygen atoms in total. The van der Waals surface area contributed by atoms with Crippen LogP contribution in [0.3, 0.4) is 0 Å². The Kier molecular flexibility index (Phi) is 3.19. The van der Waals surface area contributed by atoms with Crippen LogP contribution in [0.5, 0.6) is 5.75 Å². The molecule has 0 spiro atoms. The Labute approximate surface area is 103 Å². The van der Waals surface area contributed by atoms with Crippen LogP contribution in [0, 0.1) is 12.8 Å². The summed E-state index contributed by atoms with van der Waals surface area (Å²) in [7, 11) is 0. The van der Waals surface area contributed by atoms with Gasteiger partial charge in [0.1, 0.15) is 5.75 Å². The summed E-state index contributed by atoms with van der Waals surface area (Å²) in [4.78, 5) is 11.0. The fourth-order valence-corrected chi connectivity index (χ4v) is 2.17. The number of ether oxygens (including phenoxy) is 1. The summed E-state index contributed by atoms with van der Waals surface area (Å²) in [6.07, 6.45) is 1.18. The maximum atomic E-state index is 11.0. The smallest absolute Gasteiger partial charge is 0.345 e. The quantitative estimate of drug-likeness (QED) is 0.925. The number of benzene rings is 1. The second kappa shape index (κ2) is 4.45. The van der Waals surface area contributed by atoms with Crippen LogP contribution >= 0.6 is 15.9 Å². The van der Waals surface area contributed by atoms with Gasteiger partial charge in [-0.05, 0) is 53.4 Å². The van der Waals surface area contributed by atoms with E-state index < -0.39 is 12.1 Å². The zero-order valence-electron chi connectivity index (χ0n) is 8.94. The topological polar surface area (TPSA) is 46.5 Å². The first-order valence-corrected chi connectivity index (χ1v) is 6.03. The molecule has 1 aromatic carbocycles. The third-order valence-corrected chi connectivity index (χ3v) is 3.25. The summed E-state index contributed by atoms with van der Waals surface area (Å²) in [5, 5.41) is 9.05. The second-order valence-corrected chi connectivity index (χ2v) is 5.00. The van der Waals surface area contributed by atoms with E-state index in [0.717, 1.165) is 22.9 Å². The van der Waals surface area contributed by atoms with Crippen molar-refractivity contribution >= 4 is 21.9 Å². The minimum atomic E-state index is -0.880. The monoisotopic (exact) mass is 284 g/mol. The molecular weight excluding hydrogens is 272 g/mol. The number of aryl methyl sites for hydroxylation is 1. The number of carboxylic acids is 1. The Morgan fingerprint density at radius 1 is 1.56 bits per heavy atom. The van der Waals surface area contributed by atoms with Gasteiger partial charge >= 0.3 is 5.97 Å². The molecule has 1 N–H and O–H groups in total. The molecule has 1 aromatic rings. The van der Waals surface area contributed by atoms with Crippen molar-refractivity contribution < 1.29 is 14.6 Å². The second-order valence-electron chi connectivity index (χ2n) is 4.15. The SMILES string of the molecule is Cc1ccc(OC(C(=O)O)C2CC2)c(Br)c1. The zero-order chi connectivity index (χ0) is 11.7. The van der Waals surface area contributed by atoms with Crippen LogP contribution in [0.4, 0.5) is 0 Å². The number of hydrogen-bond acceptors (Lipinski definition) is 2. The number of halogens is 1. The van der Waals surface area contributed by atoms with Crippen molar-refractivity contribution in [3.63, 3.8) is 0 Å². The molecule has 1 saturated carbocycles. The molecular formula is C12H13BrO3. The van der Waals surface area contributed by atoms with Crippen LogP contribution in [0.25, 0.3) is 0 Å². The molecule has 0 saturated heterocycles. The van der Waals surface area contributed by atoms with E-state index >= 15 is 0 Å². The molecule has 1 unspecified atom stereocenters. The summed E-state index contributed by atoms with van der Waals surface area (Å²) in [5.74, 6) is -0.106. The lowest BCUT2D eigenvalue weighted by atomic mass is 10.2. The fraction of sp³-hybridized carbons (Fsp3) is 0.417. The summed E-state index contributed by atoms with van der Waals surface area (Å²) < 4.78 is 6.34. The minimum absolute atomic E-state index is 0.172. The van der Waals surface area contributed by atoms with Crippen LogP contribution in [0.15, 0.2) is 22.7 Å². The van der Waals surface area contributed by atoms with Gasteiger partial charge in [-0.1, -0.05) is 6.07 Å². The Bertz CT molecular complexity index is 413. The Balaban J connectivity index is 2.15. The van der Waals surface area contributed by atoms with Crippen molar-refractivity contribution in [3.8, 4) is 5.75 Å². The summed E-state index contributed by atoms with van der Waals surface area (Å²) >= 11 is 3.38. The van der Waals surface area contributed by atoms with Crippen LogP contribution in [-0.4, -0.2) is 17.2 Å². The molecule has 0 radical (unpaired) electrons. The third-order valence-electron chi connectivity index (χ3n) is 2.63. The highest BCUT2D eigenvalue weighted by atomic mass is 79.9. The number of carboxylic acid groups (broad SMARTS) is 1. The van der Waals surface area contributed by atoms with Gasteiger partial charge < -0.3 is 9.84 Å². The van der Waals surface area contributed by atoms with Gasteiger partial charge in [-0.25, -0.2) is 4.79 Å². The van der Waals surface area contributed by atoms with Crippen molar-refractivity contribution in [1.29, 1.82) is 0 Å². The lowest BCUT2D eigenvalue weighted by molar-refractivity contribution is -0.146. The summed E-state index contributed by atoms with van der Waals surface area (Å²) in [6.45, 7) is 1.98. The molecule has 4 heteroatoms. The molecule has 0 amide bonds. The van der Waals surface area contributed by atoms with Gasteiger partial charge in [0.05, 0.1) is 4.47 Å². The van der Waals surface area contributed by atoms with Crippen LogP contribution in [0.1, 0.15) is 18.4 Å². The zero-order valence-corrected chi connectivity index (χ0v) is 10.5. The Hall–Kier alpha value is -1.03. The number of rotatable bonds is 4. The first-order chi connectivity index (χ1) is 7.58. The van der Waals surface area contributed by atoms with E-state index in [4.69, 9.17) is 9.84 Å².